The number of Topliss-reactive ketones (excluding diaryl/α,β-unsaturated/α-hetero) is 1. The maximum absolute atomic E-state index is 11.7. The molecule has 0 aliphatic rings. The lowest BCUT2D eigenvalue weighted by Gasteiger charge is -2.03. The second-order valence-electron chi connectivity index (χ2n) is 5.97. The number of carbonyl (C=O) groups excluding carboxylic acids is 1. The van der Waals surface area contributed by atoms with Gasteiger partial charge in [-0.05, 0) is 19.3 Å². The van der Waals surface area contributed by atoms with E-state index in [4.69, 9.17) is 0 Å². The van der Waals surface area contributed by atoms with Crippen molar-refractivity contribution < 1.29 is 4.79 Å². The minimum atomic E-state index is 0.497. The van der Waals surface area contributed by atoms with Crippen LogP contribution in [0.1, 0.15) is 103 Å². The molecule has 20 heavy (non-hydrogen) atoms. The third-order valence-corrected chi connectivity index (χ3v) is 4.46. The lowest BCUT2D eigenvalue weighted by Crippen LogP contribution is -1.97. The number of rotatable bonds is 16. The lowest BCUT2D eigenvalue weighted by molar-refractivity contribution is -0.119. The number of ketones is 1. The molecule has 0 spiro atoms. The number of halogens is 1. The van der Waals surface area contributed by atoms with Gasteiger partial charge < -0.3 is 0 Å². The van der Waals surface area contributed by atoms with Crippen LogP contribution >= 0.6 is 15.9 Å². The molecule has 0 aliphatic heterocycles. The predicted octanol–water partition coefficient (Wildman–Crippen LogP) is 6.82. The molecule has 2 heteroatoms. The van der Waals surface area contributed by atoms with E-state index in [1.54, 1.807) is 0 Å². The summed E-state index contributed by atoms with van der Waals surface area (Å²) in [5.41, 5.74) is 0. The largest absolute Gasteiger partial charge is 0.300 e. The van der Waals surface area contributed by atoms with Crippen LogP contribution in [-0.2, 0) is 4.79 Å². The molecule has 0 radical (unpaired) electrons. The van der Waals surface area contributed by atoms with E-state index in [2.05, 4.69) is 22.9 Å². The molecule has 0 aliphatic carbocycles. The van der Waals surface area contributed by atoms with E-state index >= 15 is 0 Å². The molecule has 0 unspecified atom stereocenters. The molecule has 0 saturated carbocycles. The molecule has 0 aromatic rings. The van der Waals surface area contributed by atoms with E-state index in [1.165, 1.54) is 70.6 Å². The van der Waals surface area contributed by atoms with Gasteiger partial charge in [0.25, 0.3) is 0 Å². The first-order valence-electron chi connectivity index (χ1n) is 8.89. The van der Waals surface area contributed by atoms with E-state index in [0.29, 0.717) is 5.78 Å². The fraction of sp³-hybridized carbons (Fsp3) is 0.944. The van der Waals surface area contributed by atoms with Crippen LogP contribution in [-0.4, -0.2) is 11.1 Å². The van der Waals surface area contributed by atoms with E-state index < -0.39 is 0 Å². The van der Waals surface area contributed by atoms with Gasteiger partial charge in [0.15, 0.2) is 0 Å². The Kier molecular flexibility index (Phi) is 17.3. The number of hydrogen-bond donors (Lipinski definition) is 0. The second-order valence-corrected chi connectivity index (χ2v) is 6.76. The van der Waals surface area contributed by atoms with Crippen LogP contribution in [0.2, 0.25) is 0 Å². The highest BCUT2D eigenvalue weighted by molar-refractivity contribution is 9.09. The van der Waals surface area contributed by atoms with Crippen molar-refractivity contribution >= 4 is 21.7 Å². The van der Waals surface area contributed by atoms with Crippen LogP contribution < -0.4 is 0 Å². The Hall–Kier alpha value is 0.150. The predicted molar refractivity (Wildman–Crippen MR) is 93.7 cm³/mol. The van der Waals surface area contributed by atoms with E-state index in [9.17, 15) is 4.79 Å². The summed E-state index contributed by atoms with van der Waals surface area (Å²) in [4.78, 5) is 11.7. The average molecular weight is 347 g/mol. The smallest absolute Gasteiger partial charge is 0.132 e. The maximum atomic E-state index is 11.7. The van der Waals surface area contributed by atoms with Gasteiger partial charge in [-0.25, -0.2) is 0 Å². The van der Waals surface area contributed by atoms with E-state index in [0.717, 1.165) is 31.0 Å². The minimum absolute atomic E-state index is 0.497. The number of hydrogen-bond acceptors (Lipinski definition) is 1. The quantitative estimate of drug-likeness (QED) is 0.221. The standard InChI is InChI=1S/C18H35BrO/c1-2-3-4-5-6-7-9-12-15-18(20)16-13-10-8-11-14-17-19/h2-17H2,1H3. The van der Waals surface area contributed by atoms with Crippen molar-refractivity contribution in [3.05, 3.63) is 0 Å². The number of carbonyl (C=O) groups is 1. The van der Waals surface area contributed by atoms with Crippen molar-refractivity contribution in [3.8, 4) is 0 Å². The summed E-state index contributed by atoms with van der Waals surface area (Å²) in [5, 5.41) is 1.12. The van der Waals surface area contributed by atoms with Gasteiger partial charge in [0.2, 0.25) is 0 Å². The first-order chi connectivity index (χ1) is 9.81. The molecule has 0 saturated heterocycles. The fourth-order valence-electron chi connectivity index (χ4n) is 2.53. The zero-order valence-corrected chi connectivity index (χ0v) is 15.2. The SMILES string of the molecule is CCCCCCCCCCC(=O)CCCCCCCBr. The second kappa shape index (κ2) is 17.2. The van der Waals surface area contributed by atoms with Crippen molar-refractivity contribution in [2.24, 2.45) is 0 Å². The average Bonchev–Trinajstić information content (AvgIpc) is 2.45. The Balaban J connectivity index is 3.12. The molecule has 0 aromatic heterocycles. The molecule has 0 rings (SSSR count). The van der Waals surface area contributed by atoms with Crippen LogP contribution in [0.25, 0.3) is 0 Å². The zero-order valence-electron chi connectivity index (χ0n) is 13.6. The molecule has 0 atom stereocenters. The minimum Gasteiger partial charge on any atom is -0.300 e. The van der Waals surface area contributed by atoms with Crippen LogP contribution in [0.4, 0.5) is 0 Å². The summed E-state index contributed by atoms with van der Waals surface area (Å²) in [6.45, 7) is 2.26. The van der Waals surface area contributed by atoms with E-state index in [-0.39, 0.29) is 0 Å². The van der Waals surface area contributed by atoms with Gasteiger partial charge in [0, 0.05) is 18.2 Å². The van der Waals surface area contributed by atoms with Crippen molar-refractivity contribution in [1.29, 1.82) is 0 Å². The Bertz CT molecular complexity index is 204. The van der Waals surface area contributed by atoms with E-state index in [1.807, 2.05) is 0 Å². The van der Waals surface area contributed by atoms with Gasteiger partial charge in [-0.1, -0.05) is 87.1 Å². The molecule has 1 nitrogen and oxygen atoms in total. The lowest BCUT2D eigenvalue weighted by atomic mass is 10.0. The van der Waals surface area contributed by atoms with Crippen molar-refractivity contribution in [3.63, 3.8) is 0 Å². The number of alkyl halides is 1. The Morgan fingerprint density at radius 3 is 1.50 bits per heavy atom. The Morgan fingerprint density at radius 2 is 1.05 bits per heavy atom. The normalized spacial score (nSPS) is 10.9. The summed E-state index contributed by atoms with van der Waals surface area (Å²) in [6.07, 6.45) is 18.4. The van der Waals surface area contributed by atoms with Gasteiger partial charge in [0.1, 0.15) is 5.78 Å². The molecular formula is C18H35BrO. The molecule has 0 N–H and O–H groups in total. The van der Waals surface area contributed by atoms with Crippen molar-refractivity contribution in [2.75, 3.05) is 5.33 Å². The number of unbranched alkanes of at least 4 members (excludes halogenated alkanes) is 11. The summed E-state index contributed by atoms with van der Waals surface area (Å²) in [5.74, 6) is 0.497. The topological polar surface area (TPSA) is 17.1 Å². The molecule has 0 bridgehead atoms. The van der Waals surface area contributed by atoms with Crippen molar-refractivity contribution in [2.45, 2.75) is 103 Å². The van der Waals surface area contributed by atoms with Crippen LogP contribution in [0, 0.1) is 0 Å². The highest BCUT2D eigenvalue weighted by atomic mass is 79.9. The zero-order chi connectivity index (χ0) is 14.9. The van der Waals surface area contributed by atoms with Gasteiger partial charge in [-0.3, -0.25) is 4.79 Å². The molecule has 0 amide bonds. The first kappa shape index (κ1) is 20.1. The summed E-state index contributed by atoms with van der Waals surface area (Å²) < 4.78 is 0. The van der Waals surface area contributed by atoms with Gasteiger partial charge >= 0.3 is 0 Å². The third-order valence-electron chi connectivity index (χ3n) is 3.90. The van der Waals surface area contributed by atoms with Gasteiger partial charge in [0.05, 0.1) is 0 Å². The fourth-order valence-corrected chi connectivity index (χ4v) is 2.92. The summed E-state index contributed by atoms with van der Waals surface area (Å²) in [6, 6.07) is 0. The highest BCUT2D eigenvalue weighted by Gasteiger charge is 2.01. The Morgan fingerprint density at radius 1 is 0.650 bits per heavy atom. The highest BCUT2D eigenvalue weighted by Crippen LogP contribution is 2.12. The molecule has 0 heterocycles. The van der Waals surface area contributed by atoms with Gasteiger partial charge in [-0.15, -0.1) is 0 Å². The summed E-state index contributed by atoms with van der Waals surface area (Å²) >= 11 is 3.45. The Labute approximate surface area is 135 Å². The third kappa shape index (κ3) is 16.2. The maximum Gasteiger partial charge on any atom is 0.132 e. The molecular weight excluding hydrogens is 312 g/mol. The van der Waals surface area contributed by atoms with Crippen LogP contribution in [0.3, 0.4) is 0 Å². The molecule has 120 valence electrons. The monoisotopic (exact) mass is 346 g/mol. The molecule has 0 aromatic carbocycles. The van der Waals surface area contributed by atoms with Crippen molar-refractivity contribution in [1.82, 2.24) is 0 Å². The van der Waals surface area contributed by atoms with Crippen LogP contribution in [0.15, 0.2) is 0 Å². The van der Waals surface area contributed by atoms with Gasteiger partial charge in [-0.2, -0.15) is 0 Å². The summed E-state index contributed by atoms with van der Waals surface area (Å²) in [7, 11) is 0. The van der Waals surface area contributed by atoms with Crippen LogP contribution in [0.5, 0.6) is 0 Å². The first-order valence-corrected chi connectivity index (χ1v) is 10.0. The molecule has 0 fully saturated rings.